The molecule has 5 heteroatoms. The van der Waals surface area contributed by atoms with Gasteiger partial charge in [-0.3, -0.25) is 0 Å². The number of imidazole rings is 1. The Balaban J connectivity index is 1.90. The highest BCUT2D eigenvalue weighted by atomic mass is 32.2. The number of thioether (sulfide) groups is 1. The Kier molecular flexibility index (Phi) is 4.85. The van der Waals surface area contributed by atoms with E-state index in [-0.39, 0.29) is 6.10 Å². The van der Waals surface area contributed by atoms with E-state index in [0.717, 1.165) is 16.2 Å². The van der Waals surface area contributed by atoms with Crippen LogP contribution in [-0.2, 0) is 4.74 Å². The molecule has 1 heterocycles. The van der Waals surface area contributed by atoms with Crippen molar-refractivity contribution in [2.24, 2.45) is 0 Å². The lowest BCUT2D eigenvalue weighted by atomic mass is 10.2. The Morgan fingerprint density at radius 1 is 1.42 bits per heavy atom. The van der Waals surface area contributed by atoms with Crippen molar-refractivity contribution >= 4 is 22.8 Å². The molecule has 0 radical (unpaired) electrons. The number of hydrogen-bond acceptors (Lipinski definition) is 4. The molecule has 4 nitrogen and oxygen atoms in total. The normalized spacial score (nSPS) is 13.3. The molecule has 2 aromatic rings. The first-order valence-electron chi connectivity index (χ1n) is 6.43. The van der Waals surface area contributed by atoms with E-state index in [0.29, 0.717) is 12.4 Å². The van der Waals surface area contributed by atoms with Crippen LogP contribution in [0.15, 0.2) is 23.4 Å². The van der Waals surface area contributed by atoms with Gasteiger partial charge in [-0.05, 0) is 38.5 Å². The molecule has 1 aromatic carbocycles. The predicted octanol–water partition coefficient (Wildman–Crippen LogP) is 2.75. The lowest BCUT2D eigenvalue weighted by molar-refractivity contribution is 0.0152. The average Bonchev–Trinajstić information content (AvgIpc) is 2.75. The SMILES string of the molecule is Cc1ccc2nc(SCC(O)COC(C)C)[nH]c2c1. The molecule has 0 saturated carbocycles. The molecule has 0 aliphatic carbocycles. The zero-order valence-corrected chi connectivity index (χ0v) is 12.3. The molecule has 19 heavy (non-hydrogen) atoms. The molecule has 0 amide bonds. The topological polar surface area (TPSA) is 58.1 Å². The number of aromatic amines is 1. The largest absolute Gasteiger partial charge is 0.390 e. The van der Waals surface area contributed by atoms with Gasteiger partial charge in [0, 0.05) is 5.75 Å². The summed E-state index contributed by atoms with van der Waals surface area (Å²) in [6.07, 6.45) is -0.323. The van der Waals surface area contributed by atoms with Gasteiger partial charge in [0.25, 0.3) is 0 Å². The second-order valence-electron chi connectivity index (χ2n) is 4.91. The summed E-state index contributed by atoms with van der Waals surface area (Å²) >= 11 is 1.52. The first-order chi connectivity index (χ1) is 9.04. The minimum absolute atomic E-state index is 0.147. The summed E-state index contributed by atoms with van der Waals surface area (Å²) in [6.45, 7) is 6.34. The quantitative estimate of drug-likeness (QED) is 0.799. The number of aryl methyl sites for hydroxylation is 1. The van der Waals surface area contributed by atoms with Crippen LogP contribution >= 0.6 is 11.8 Å². The standard InChI is InChI=1S/C14H20N2O2S/c1-9(2)18-7-11(17)8-19-14-15-12-5-4-10(3)6-13(12)16-14/h4-6,9,11,17H,7-8H2,1-3H3,(H,15,16). The van der Waals surface area contributed by atoms with Crippen molar-refractivity contribution in [2.45, 2.75) is 38.1 Å². The van der Waals surface area contributed by atoms with E-state index in [9.17, 15) is 5.11 Å². The van der Waals surface area contributed by atoms with Crippen molar-refractivity contribution in [3.63, 3.8) is 0 Å². The number of aliphatic hydroxyl groups excluding tert-OH is 1. The van der Waals surface area contributed by atoms with Gasteiger partial charge in [-0.15, -0.1) is 0 Å². The van der Waals surface area contributed by atoms with Gasteiger partial charge in [0.15, 0.2) is 5.16 Å². The number of benzene rings is 1. The van der Waals surface area contributed by atoms with E-state index < -0.39 is 6.10 Å². The van der Waals surface area contributed by atoms with E-state index in [1.165, 1.54) is 17.3 Å². The molecule has 0 bridgehead atoms. The maximum atomic E-state index is 9.79. The van der Waals surface area contributed by atoms with Crippen LogP contribution in [0.3, 0.4) is 0 Å². The summed E-state index contributed by atoms with van der Waals surface area (Å²) in [4.78, 5) is 7.73. The molecule has 0 saturated heterocycles. The number of hydrogen-bond donors (Lipinski definition) is 2. The molecule has 1 unspecified atom stereocenters. The first-order valence-corrected chi connectivity index (χ1v) is 7.42. The zero-order chi connectivity index (χ0) is 13.8. The summed E-state index contributed by atoms with van der Waals surface area (Å²) in [7, 11) is 0. The summed E-state index contributed by atoms with van der Waals surface area (Å²) < 4.78 is 5.37. The average molecular weight is 280 g/mol. The molecule has 0 fully saturated rings. The van der Waals surface area contributed by atoms with Crippen LogP contribution in [0, 0.1) is 6.92 Å². The second-order valence-corrected chi connectivity index (χ2v) is 5.92. The van der Waals surface area contributed by atoms with Crippen molar-refractivity contribution in [1.82, 2.24) is 9.97 Å². The monoisotopic (exact) mass is 280 g/mol. The fourth-order valence-corrected chi connectivity index (χ4v) is 2.49. The number of nitrogens with zero attached hydrogens (tertiary/aromatic N) is 1. The minimum Gasteiger partial charge on any atom is -0.390 e. The van der Waals surface area contributed by atoms with Gasteiger partial charge in [0.2, 0.25) is 0 Å². The zero-order valence-electron chi connectivity index (χ0n) is 11.5. The molecule has 0 aliphatic rings. The van der Waals surface area contributed by atoms with E-state index >= 15 is 0 Å². The lowest BCUT2D eigenvalue weighted by Crippen LogP contribution is -2.20. The molecule has 1 atom stereocenters. The number of aromatic nitrogens is 2. The number of aliphatic hydroxyl groups is 1. The molecule has 2 N–H and O–H groups in total. The van der Waals surface area contributed by atoms with E-state index in [2.05, 4.69) is 23.0 Å². The molecule has 0 aliphatic heterocycles. The number of fused-ring (bicyclic) bond motifs is 1. The first kappa shape index (κ1) is 14.4. The molecular weight excluding hydrogens is 260 g/mol. The Morgan fingerprint density at radius 3 is 2.95 bits per heavy atom. The maximum absolute atomic E-state index is 9.79. The van der Waals surface area contributed by atoms with Crippen molar-refractivity contribution in [1.29, 1.82) is 0 Å². The third-order valence-electron chi connectivity index (χ3n) is 2.65. The molecule has 1 aromatic heterocycles. The van der Waals surface area contributed by atoms with E-state index in [4.69, 9.17) is 4.74 Å². The smallest absolute Gasteiger partial charge is 0.166 e. The van der Waals surface area contributed by atoms with Crippen LogP contribution in [0.1, 0.15) is 19.4 Å². The Hall–Kier alpha value is -1.04. The third-order valence-corrected chi connectivity index (χ3v) is 3.67. The van der Waals surface area contributed by atoms with E-state index in [1.54, 1.807) is 0 Å². The van der Waals surface area contributed by atoms with Crippen LogP contribution in [0.5, 0.6) is 0 Å². The van der Waals surface area contributed by atoms with Gasteiger partial charge < -0.3 is 14.8 Å². The molecule has 104 valence electrons. The fourth-order valence-electron chi connectivity index (χ4n) is 1.70. The summed E-state index contributed by atoms with van der Waals surface area (Å²) in [5.41, 5.74) is 3.20. The molecule has 2 rings (SSSR count). The van der Waals surface area contributed by atoms with Crippen LogP contribution in [0.4, 0.5) is 0 Å². The maximum Gasteiger partial charge on any atom is 0.166 e. The van der Waals surface area contributed by atoms with Gasteiger partial charge in [0.05, 0.1) is 29.8 Å². The Bertz CT molecular complexity index is 539. The van der Waals surface area contributed by atoms with Crippen LogP contribution in [0.2, 0.25) is 0 Å². The number of ether oxygens (including phenoxy) is 1. The van der Waals surface area contributed by atoms with Crippen LogP contribution in [-0.4, -0.2) is 39.6 Å². The molecular formula is C14H20N2O2S. The summed E-state index contributed by atoms with van der Waals surface area (Å²) in [5, 5.41) is 10.6. The summed E-state index contributed by atoms with van der Waals surface area (Å²) in [5.74, 6) is 0.575. The predicted molar refractivity (Wildman–Crippen MR) is 78.6 cm³/mol. The van der Waals surface area contributed by atoms with Gasteiger partial charge in [-0.2, -0.15) is 0 Å². The number of rotatable bonds is 6. The van der Waals surface area contributed by atoms with Gasteiger partial charge in [-0.25, -0.2) is 4.98 Å². The van der Waals surface area contributed by atoms with Gasteiger partial charge in [-0.1, -0.05) is 17.8 Å². The second kappa shape index (κ2) is 6.41. The Morgan fingerprint density at radius 2 is 2.21 bits per heavy atom. The fraction of sp³-hybridized carbons (Fsp3) is 0.500. The number of H-pyrrole nitrogens is 1. The highest BCUT2D eigenvalue weighted by Gasteiger charge is 2.09. The van der Waals surface area contributed by atoms with Crippen LogP contribution < -0.4 is 0 Å². The van der Waals surface area contributed by atoms with Gasteiger partial charge in [0.1, 0.15) is 0 Å². The third kappa shape index (κ3) is 4.23. The lowest BCUT2D eigenvalue weighted by Gasteiger charge is -2.12. The van der Waals surface area contributed by atoms with E-state index in [1.807, 2.05) is 26.0 Å². The van der Waals surface area contributed by atoms with Crippen LogP contribution in [0.25, 0.3) is 11.0 Å². The van der Waals surface area contributed by atoms with Crippen molar-refractivity contribution in [2.75, 3.05) is 12.4 Å². The Labute approximate surface area is 117 Å². The number of nitrogens with one attached hydrogen (secondary N) is 1. The minimum atomic E-state index is -0.470. The van der Waals surface area contributed by atoms with Crippen molar-refractivity contribution < 1.29 is 9.84 Å². The highest BCUT2D eigenvalue weighted by Crippen LogP contribution is 2.21. The molecule has 0 spiro atoms. The summed E-state index contributed by atoms with van der Waals surface area (Å²) in [6, 6.07) is 6.12. The van der Waals surface area contributed by atoms with Crippen molar-refractivity contribution in [3.8, 4) is 0 Å². The van der Waals surface area contributed by atoms with Gasteiger partial charge >= 0.3 is 0 Å². The highest BCUT2D eigenvalue weighted by molar-refractivity contribution is 7.99. The van der Waals surface area contributed by atoms with Crippen molar-refractivity contribution in [3.05, 3.63) is 23.8 Å².